The van der Waals surface area contributed by atoms with Gasteiger partial charge in [-0.2, -0.15) is 5.10 Å². The second-order valence-corrected chi connectivity index (χ2v) is 6.50. The van der Waals surface area contributed by atoms with Gasteiger partial charge in [-0.1, -0.05) is 30.3 Å². The zero-order valence-electron chi connectivity index (χ0n) is 14.6. The Morgan fingerprint density at radius 2 is 1.96 bits per heavy atom. The highest BCUT2D eigenvalue weighted by Gasteiger charge is 2.19. The van der Waals surface area contributed by atoms with E-state index in [0.717, 1.165) is 39.0 Å². The van der Waals surface area contributed by atoms with Gasteiger partial charge in [-0.05, 0) is 18.4 Å². The zero-order valence-corrected chi connectivity index (χ0v) is 14.6. The summed E-state index contributed by atoms with van der Waals surface area (Å²) in [6, 6.07) is 10.1. The summed E-state index contributed by atoms with van der Waals surface area (Å²) < 4.78 is 1.31. The molecule has 25 heavy (non-hydrogen) atoms. The van der Waals surface area contributed by atoms with Gasteiger partial charge in [0.15, 0.2) is 0 Å². The second-order valence-electron chi connectivity index (χ2n) is 6.50. The number of nitrogens with zero attached hydrogens (tertiary/aromatic N) is 4. The summed E-state index contributed by atoms with van der Waals surface area (Å²) in [4.78, 5) is 30.9. The number of amides is 1. The third kappa shape index (κ3) is 4.79. The van der Waals surface area contributed by atoms with Crippen LogP contribution in [0.15, 0.2) is 35.1 Å². The van der Waals surface area contributed by atoms with Gasteiger partial charge in [0.2, 0.25) is 5.91 Å². The molecule has 1 aliphatic rings. The van der Waals surface area contributed by atoms with Crippen LogP contribution in [0.4, 0.5) is 0 Å². The van der Waals surface area contributed by atoms with E-state index < -0.39 is 0 Å². The van der Waals surface area contributed by atoms with E-state index >= 15 is 0 Å². The van der Waals surface area contributed by atoms with Crippen molar-refractivity contribution in [1.29, 1.82) is 0 Å². The van der Waals surface area contributed by atoms with Crippen LogP contribution in [0, 0.1) is 0 Å². The third-order valence-electron chi connectivity index (χ3n) is 4.60. The maximum absolute atomic E-state index is 12.5. The number of hydrogen-bond donors (Lipinski definition) is 1. The van der Waals surface area contributed by atoms with Gasteiger partial charge >= 0.3 is 5.69 Å². The van der Waals surface area contributed by atoms with E-state index in [1.807, 2.05) is 23.1 Å². The van der Waals surface area contributed by atoms with E-state index in [4.69, 9.17) is 0 Å². The molecule has 2 heterocycles. The van der Waals surface area contributed by atoms with Gasteiger partial charge in [-0.3, -0.25) is 14.7 Å². The summed E-state index contributed by atoms with van der Waals surface area (Å²) in [5, 5.41) is 4.18. The summed E-state index contributed by atoms with van der Waals surface area (Å²) in [6.45, 7) is 3.84. The largest absolute Gasteiger partial charge is 0.343 e. The number of benzene rings is 1. The molecule has 0 spiro atoms. The van der Waals surface area contributed by atoms with Gasteiger partial charge in [-0.15, -0.1) is 0 Å². The minimum Gasteiger partial charge on any atom is -0.341 e. The zero-order chi connectivity index (χ0) is 17.6. The summed E-state index contributed by atoms with van der Waals surface area (Å²) in [5.41, 5.74) is 1.01. The molecule has 0 bridgehead atoms. The minimum absolute atomic E-state index is 0.192. The number of aromatic amines is 1. The first-order valence-electron chi connectivity index (χ1n) is 8.78. The fourth-order valence-electron chi connectivity index (χ4n) is 3.17. The number of carbonyl (C=O) groups is 1. The Morgan fingerprint density at radius 1 is 1.16 bits per heavy atom. The summed E-state index contributed by atoms with van der Waals surface area (Å²) in [6.07, 6.45) is 2.28. The molecular weight excluding hydrogens is 318 g/mol. The number of carbonyl (C=O) groups excluding carboxylic acids is 1. The third-order valence-corrected chi connectivity index (χ3v) is 4.60. The van der Waals surface area contributed by atoms with E-state index in [-0.39, 0.29) is 11.6 Å². The molecule has 0 aliphatic carbocycles. The van der Waals surface area contributed by atoms with E-state index in [9.17, 15) is 9.59 Å². The molecule has 134 valence electrons. The van der Waals surface area contributed by atoms with Gasteiger partial charge in [-0.25, -0.2) is 9.48 Å². The normalized spacial score (nSPS) is 16.0. The Labute approximate surface area is 147 Å². The van der Waals surface area contributed by atoms with Gasteiger partial charge in [0, 0.05) is 39.6 Å². The first-order valence-corrected chi connectivity index (χ1v) is 8.78. The lowest BCUT2D eigenvalue weighted by atomic mass is 10.1. The standard InChI is InChI=1S/C18H25N5O2/c1-21-18(25)19-16(20-21)14-22-10-5-11-23(13-12-22)17(24)9-8-15-6-3-2-4-7-15/h2-4,6-7H,5,8-14H2,1H3,(H,19,20,25). The number of rotatable bonds is 5. The molecule has 1 aromatic carbocycles. The van der Waals surface area contributed by atoms with Crippen LogP contribution in [-0.2, 0) is 24.8 Å². The van der Waals surface area contributed by atoms with Crippen LogP contribution in [0.25, 0.3) is 0 Å². The molecule has 7 heteroatoms. The Bertz CT molecular complexity index is 752. The molecule has 3 rings (SSSR count). The predicted molar refractivity (Wildman–Crippen MR) is 95.1 cm³/mol. The lowest BCUT2D eigenvalue weighted by Gasteiger charge is -2.21. The van der Waals surface area contributed by atoms with Crippen LogP contribution in [0.3, 0.4) is 0 Å². The van der Waals surface area contributed by atoms with Crippen molar-refractivity contribution >= 4 is 5.91 Å². The van der Waals surface area contributed by atoms with Crippen molar-refractivity contribution in [2.75, 3.05) is 26.2 Å². The summed E-state index contributed by atoms with van der Waals surface area (Å²) in [7, 11) is 1.64. The van der Waals surface area contributed by atoms with Crippen molar-refractivity contribution in [3.8, 4) is 0 Å². The topological polar surface area (TPSA) is 74.2 Å². The van der Waals surface area contributed by atoms with Gasteiger partial charge in [0.1, 0.15) is 5.82 Å². The summed E-state index contributed by atoms with van der Waals surface area (Å²) >= 11 is 0. The molecule has 0 unspecified atom stereocenters. The first kappa shape index (κ1) is 17.4. The highest BCUT2D eigenvalue weighted by Crippen LogP contribution is 2.09. The highest BCUT2D eigenvalue weighted by molar-refractivity contribution is 5.76. The fourth-order valence-corrected chi connectivity index (χ4v) is 3.17. The molecule has 0 radical (unpaired) electrons. The average Bonchev–Trinajstić information content (AvgIpc) is 2.80. The Balaban J connectivity index is 1.49. The van der Waals surface area contributed by atoms with Crippen molar-refractivity contribution in [2.24, 2.45) is 7.05 Å². The molecule has 1 aliphatic heterocycles. The lowest BCUT2D eigenvalue weighted by molar-refractivity contribution is -0.131. The number of H-pyrrole nitrogens is 1. The number of nitrogens with one attached hydrogen (secondary N) is 1. The lowest BCUT2D eigenvalue weighted by Crippen LogP contribution is -2.35. The average molecular weight is 343 g/mol. The van der Waals surface area contributed by atoms with Crippen LogP contribution in [0.5, 0.6) is 0 Å². The molecule has 1 aromatic heterocycles. The van der Waals surface area contributed by atoms with E-state index in [1.54, 1.807) is 7.05 Å². The molecule has 1 fully saturated rings. The van der Waals surface area contributed by atoms with Gasteiger partial charge < -0.3 is 4.90 Å². The van der Waals surface area contributed by atoms with Crippen LogP contribution in [0.2, 0.25) is 0 Å². The van der Waals surface area contributed by atoms with Gasteiger partial charge in [0.05, 0.1) is 6.54 Å². The van der Waals surface area contributed by atoms with Crippen molar-refractivity contribution in [2.45, 2.75) is 25.8 Å². The predicted octanol–water partition coefficient (Wildman–Crippen LogP) is 0.775. The fraction of sp³-hybridized carbons (Fsp3) is 0.500. The number of aryl methyl sites for hydroxylation is 2. The van der Waals surface area contributed by atoms with E-state index in [2.05, 4.69) is 27.1 Å². The number of hydrogen-bond acceptors (Lipinski definition) is 4. The molecule has 0 saturated carbocycles. The van der Waals surface area contributed by atoms with Crippen LogP contribution in [0.1, 0.15) is 24.2 Å². The van der Waals surface area contributed by atoms with Crippen LogP contribution < -0.4 is 5.69 Å². The highest BCUT2D eigenvalue weighted by atomic mass is 16.2. The molecule has 1 saturated heterocycles. The van der Waals surface area contributed by atoms with Crippen LogP contribution in [-0.4, -0.2) is 56.7 Å². The molecule has 7 nitrogen and oxygen atoms in total. The van der Waals surface area contributed by atoms with E-state index in [1.165, 1.54) is 10.2 Å². The van der Waals surface area contributed by atoms with E-state index in [0.29, 0.717) is 18.8 Å². The monoisotopic (exact) mass is 343 g/mol. The van der Waals surface area contributed by atoms with Crippen molar-refractivity contribution in [3.63, 3.8) is 0 Å². The molecule has 0 atom stereocenters. The van der Waals surface area contributed by atoms with Crippen LogP contribution >= 0.6 is 0 Å². The van der Waals surface area contributed by atoms with Crippen molar-refractivity contribution in [1.82, 2.24) is 24.6 Å². The Kier molecular flexibility index (Phi) is 5.65. The number of aromatic nitrogens is 3. The Hall–Kier alpha value is -2.41. The van der Waals surface area contributed by atoms with Crippen molar-refractivity contribution < 1.29 is 4.79 Å². The molecule has 1 amide bonds. The van der Waals surface area contributed by atoms with Gasteiger partial charge in [0.25, 0.3) is 0 Å². The maximum Gasteiger partial charge on any atom is 0.343 e. The Morgan fingerprint density at radius 3 is 2.68 bits per heavy atom. The minimum atomic E-state index is -0.192. The second kappa shape index (κ2) is 8.11. The molecular formula is C18H25N5O2. The maximum atomic E-state index is 12.5. The smallest absolute Gasteiger partial charge is 0.341 e. The quantitative estimate of drug-likeness (QED) is 0.870. The first-order chi connectivity index (χ1) is 12.1. The van der Waals surface area contributed by atoms with Crippen molar-refractivity contribution in [3.05, 3.63) is 52.2 Å². The molecule has 1 N–H and O–H groups in total. The summed E-state index contributed by atoms with van der Waals surface area (Å²) in [5.74, 6) is 0.897. The SMILES string of the molecule is Cn1nc(CN2CCCN(C(=O)CCc3ccccc3)CC2)[nH]c1=O. The molecule has 2 aromatic rings.